The molecular formula is C48H86O5. The molecule has 4 N–H and O–H groups in total. The zero-order valence-electron chi connectivity index (χ0n) is 38.1. The van der Waals surface area contributed by atoms with Crippen molar-refractivity contribution in [2.45, 2.75) is 187 Å². The Bertz CT molecular complexity index is 1390. The molecule has 0 aliphatic heterocycles. The quantitative estimate of drug-likeness (QED) is 0.151. The number of ether oxygens (including phenoxy) is 1. The summed E-state index contributed by atoms with van der Waals surface area (Å²) in [5.41, 5.74) is -0.0643. The number of rotatable bonds is 13. The highest BCUT2D eigenvalue weighted by Crippen LogP contribution is 2.76. The van der Waals surface area contributed by atoms with Crippen molar-refractivity contribution < 1.29 is 25.2 Å². The van der Waals surface area contributed by atoms with Crippen molar-refractivity contribution in [1.29, 1.82) is 0 Å². The molecule has 3 rings (SSSR count). The van der Waals surface area contributed by atoms with Crippen molar-refractivity contribution in [3.8, 4) is 0 Å². The van der Waals surface area contributed by atoms with Crippen LogP contribution < -0.4 is 0 Å². The third kappa shape index (κ3) is 6.72. The minimum atomic E-state index is -1.44. The predicted octanol–water partition coefficient (Wildman–Crippen LogP) is 11.0. The van der Waals surface area contributed by atoms with E-state index in [9.17, 15) is 20.4 Å². The van der Waals surface area contributed by atoms with Gasteiger partial charge in [0.15, 0.2) is 0 Å². The van der Waals surface area contributed by atoms with Crippen LogP contribution in [0.1, 0.15) is 164 Å². The van der Waals surface area contributed by atoms with Crippen LogP contribution in [0.3, 0.4) is 0 Å². The van der Waals surface area contributed by atoms with E-state index in [4.69, 9.17) is 4.74 Å². The van der Waals surface area contributed by atoms with Crippen LogP contribution in [0.15, 0.2) is 34.9 Å². The van der Waals surface area contributed by atoms with Gasteiger partial charge in [-0.25, -0.2) is 0 Å². The van der Waals surface area contributed by atoms with Crippen molar-refractivity contribution in [1.82, 2.24) is 0 Å². The molecule has 5 unspecified atom stereocenters. The fraction of sp³-hybridized carbons (Fsp3) is 0.875. The maximum absolute atomic E-state index is 12.5. The molecule has 0 heterocycles. The molecule has 3 saturated carbocycles. The van der Waals surface area contributed by atoms with Gasteiger partial charge in [0, 0.05) is 17.9 Å². The van der Waals surface area contributed by atoms with Gasteiger partial charge in [0.2, 0.25) is 0 Å². The van der Waals surface area contributed by atoms with Crippen LogP contribution in [0.2, 0.25) is 0 Å². The van der Waals surface area contributed by atoms with Gasteiger partial charge in [0.05, 0.1) is 12.2 Å². The van der Waals surface area contributed by atoms with Crippen LogP contribution >= 0.6 is 0 Å². The lowest BCUT2D eigenvalue weighted by Gasteiger charge is -2.67. The number of hydrogen-bond acceptors (Lipinski definition) is 5. The van der Waals surface area contributed by atoms with Gasteiger partial charge < -0.3 is 25.2 Å². The summed E-state index contributed by atoms with van der Waals surface area (Å²) < 4.78 is 6.35. The molecule has 12 atom stereocenters. The molecule has 3 aliphatic carbocycles. The molecule has 0 saturated heterocycles. The van der Waals surface area contributed by atoms with Crippen molar-refractivity contribution in [3.63, 3.8) is 0 Å². The van der Waals surface area contributed by atoms with Crippen LogP contribution in [-0.4, -0.2) is 56.5 Å². The number of fused-ring (bicyclic) bond motifs is 1. The maximum Gasteiger partial charge on any atom is 0.124 e. The van der Waals surface area contributed by atoms with E-state index in [1.54, 1.807) is 13.8 Å². The second kappa shape index (κ2) is 15.1. The normalized spacial score (nSPS) is 39.6. The average Bonchev–Trinajstić information content (AvgIpc) is 3.47. The first-order chi connectivity index (χ1) is 23.9. The number of hydrogen-bond donors (Lipinski definition) is 4. The summed E-state index contributed by atoms with van der Waals surface area (Å²) in [7, 11) is 0. The molecule has 0 radical (unpaired) electrons. The Morgan fingerprint density at radius 1 is 0.962 bits per heavy atom. The van der Waals surface area contributed by atoms with Gasteiger partial charge in [0.25, 0.3) is 0 Å². The van der Waals surface area contributed by atoms with Crippen LogP contribution in [-0.2, 0) is 4.74 Å². The predicted molar refractivity (Wildman–Crippen MR) is 223 cm³/mol. The van der Waals surface area contributed by atoms with Gasteiger partial charge in [-0.3, -0.25) is 0 Å². The van der Waals surface area contributed by atoms with Crippen molar-refractivity contribution in [3.05, 3.63) is 34.9 Å². The standard InChI is InChI=1S/C48H86O5/c1-21-44(17,51)32(7)26-33(8)45(18,29(3)4)38-24-23-36-37(41(11,12)35(10)42(13,14)48(36,38)22-2)25-31(6)39-34(9)40(50)46(19,53-28-30(5)27-49)47(20,52)43(39,15)16/h25,29-30,32-33,35-36,38,40,49-52H,9,21-24,26-28H2,1-8,10-20H3/b37-25-,39-31+/t30?,32?,33?,35?,36-,38+,40+,44?,45+,46-,47+,48-/m0/s1. The fourth-order valence-electron chi connectivity index (χ4n) is 12.9. The highest BCUT2D eigenvalue weighted by Gasteiger charge is 2.70. The molecule has 0 bridgehead atoms. The van der Waals surface area contributed by atoms with Gasteiger partial charge >= 0.3 is 0 Å². The monoisotopic (exact) mass is 743 g/mol. The van der Waals surface area contributed by atoms with E-state index in [2.05, 4.69) is 117 Å². The maximum atomic E-state index is 12.5. The topological polar surface area (TPSA) is 90.2 Å². The molecule has 3 fully saturated rings. The Labute approximate surface area is 327 Å². The highest BCUT2D eigenvalue weighted by molar-refractivity contribution is 5.52. The van der Waals surface area contributed by atoms with Crippen LogP contribution in [0.4, 0.5) is 0 Å². The molecule has 3 aliphatic rings. The summed E-state index contributed by atoms with van der Waals surface area (Å²) >= 11 is 0. The lowest BCUT2D eigenvalue weighted by atomic mass is 9.37. The van der Waals surface area contributed by atoms with E-state index in [-0.39, 0.29) is 46.7 Å². The summed E-state index contributed by atoms with van der Waals surface area (Å²) in [6.07, 6.45) is 6.54. The van der Waals surface area contributed by atoms with Crippen LogP contribution in [0, 0.1) is 68.5 Å². The molecule has 0 aromatic heterocycles. The van der Waals surface area contributed by atoms with E-state index in [0.717, 1.165) is 36.8 Å². The summed E-state index contributed by atoms with van der Waals surface area (Å²) in [5, 5.41) is 45.4. The van der Waals surface area contributed by atoms with Gasteiger partial charge in [-0.1, -0.05) is 122 Å². The minimum absolute atomic E-state index is 0.0297. The summed E-state index contributed by atoms with van der Waals surface area (Å²) in [5.74, 6) is 2.28. The zero-order chi connectivity index (χ0) is 41.3. The van der Waals surface area contributed by atoms with Gasteiger partial charge in [-0.15, -0.1) is 0 Å². The SMILES string of the molecule is C=C1/C(=C(C)\C=C2\[C@@H]3CC[C@H]([C@](C)(C(C)C)C(C)CC(C)C(C)(O)CC)[C@@]3(CC)C(C)(C)C(C)C2(C)C)C(C)(C)[C@@](C)(O)[C@@](C)(OCC(C)CO)[C@@H]1O. The first-order valence-electron chi connectivity index (χ1n) is 21.4. The lowest BCUT2D eigenvalue weighted by molar-refractivity contribution is -0.251. The third-order valence-corrected chi connectivity index (χ3v) is 18.3. The average molecular weight is 743 g/mol. The van der Waals surface area contributed by atoms with Crippen molar-refractivity contribution in [2.24, 2.45) is 68.5 Å². The van der Waals surface area contributed by atoms with Gasteiger partial charge in [-0.2, -0.15) is 0 Å². The highest BCUT2D eigenvalue weighted by atomic mass is 16.5. The minimum Gasteiger partial charge on any atom is -0.396 e. The van der Waals surface area contributed by atoms with Crippen molar-refractivity contribution >= 4 is 0 Å². The van der Waals surface area contributed by atoms with E-state index >= 15 is 0 Å². The largest absolute Gasteiger partial charge is 0.396 e. The number of aliphatic hydroxyl groups excluding tert-OH is 2. The Morgan fingerprint density at radius 3 is 1.98 bits per heavy atom. The van der Waals surface area contributed by atoms with Gasteiger partial charge in [0.1, 0.15) is 17.3 Å². The molecule has 5 nitrogen and oxygen atoms in total. The lowest BCUT2D eigenvalue weighted by Crippen LogP contribution is -2.70. The van der Waals surface area contributed by atoms with Crippen LogP contribution in [0.25, 0.3) is 0 Å². The van der Waals surface area contributed by atoms with Crippen LogP contribution in [0.5, 0.6) is 0 Å². The molecule has 53 heavy (non-hydrogen) atoms. The van der Waals surface area contributed by atoms with E-state index in [0.29, 0.717) is 35.2 Å². The number of aliphatic hydroxyl groups is 4. The Kier molecular flexibility index (Phi) is 13.2. The molecule has 0 spiro atoms. The van der Waals surface area contributed by atoms with Gasteiger partial charge in [-0.05, 0) is 134 Å². The molecule has 0 aromatic rings. The van der Waals surface area contributed by atoms with E-state index in [1.165, 1.54) is 12.0 Å². The molecular weight excluding hydrogens is 657 g/mol. The Morgan fingerprint density at radius 2 is 1.51 bits per heavy atom. The zero-order valence-corrected chi connectivity index (χ0v) is 38.1. The number of allylic oxidation sites excluding steroid dienone is 3. The first kappa shape index (κ1) is 46.4. The second-order valence-electron chi connectivity index (χ2n) is 21.5. The summed E-state index contributed by atoms with van der Waals surface area (Å²) in [4.78, 5) is 0. The second-order valence-corrected chi connectivity index (χ2v) is 21.5. The molecule has 0 aromatic carbocycles. The van der Waals surface area contributed by atoms with E-state index < -0.39 is 28.3 Å². The Hall–Kier alpha value is -0.980. The Balaban J connectivity index is 2.29. The third-order valence-electron chi connectivity index (χ3n) is 18.3. The molecule has 308 valence electrons. The first-order valence-corrected chi connectivity index (χ1v) is 21.4. The smallest absolute Gasteiger partial charge is 0.124 e. The summed E-state index contributed by atoms with van der Waals surface area (Å²) in [6.45, 7) is 47.8. The van der Waals surface area contributed by atoms with E-state index in [1.807, 2.05) is 13.8 Å². The van der Waals surface area contributed by atoms with Crippen molar-refractivity contribution in [2.75, 3.05) is 13.2 Å². The molecule has 5 heteroatoms. The summed E-state index contributed by atoms with van der Waals surface area (Å²) in [6, 6.07) is 0. The molecule has 0 amide bonds. The fourth-order valence-corrected chi connectivity index (χ4v) is 12.9.